The average molecular weight is 209 g/mol. The molecule has 0 aliphatic heterocycles. The molecule has 1 aromatic rings. The molecule has 0 aliphatic carbocycles. The summed E-state index contributed by atoms with van der Waals surface area (Å²) in [6, 6.07) is 0. The maximum atomic E-state index is 4.20. The zero-order chi connectivity index (χ0) is 11.5. The van der Waals surface area contributed by atoms with Crippen LogP contribution in [0, 0.1) is 13.8 Å². The first-order chi connectivity index (χ1) is 6.96. The van der Waals surface area contributed by atoms with Crippen LogP contribution in [0.2, 0.25) is 0 Å². The fourth-order valence-electron chi connectivity index (χ4n) is 1.88. The molecule has 1 rings (SSSR count). The zero-order valence-corrected chi connectivity index (χ0v) is 10.6. The SMILES string of the molecule is CCCC(C)(C)NCc1c(C)n[nH]c1C. The largest absolute Gasteiger partial charge is 0.308 e. The van der Waals surface area contributed by atoms with Gasteiger partial charge in [0.2, 0.25) is 0 Å². The van der Waals surface area contributed by atoms with Crippen LogP contribution >= 0.6 is 0 Å². The van der Waals surface area contributed by atoms with E-state index < -0.39 is 0 Å². The van der Waals surface area contributed by atoms with Gasteiger partial charge >= 0.3 is 0 Å². The Labute approximate surface area is 92.7 Å². The lowest BCUT2D eigenvalue weighted by Crippen LogP contribution is -2.38. The molecule has 15 heavy (non-hydrogen) atoms. The summed E-state index contributed by atoms with van der Waals surface area (Å²) in [5, 5.41) is 10.8. The second-order valence-corrected chi connectivity index (χ2v) is 4.90. The molecule has 0 atom stereocenters. The van der Waals surface area contributed by atoms with Gasteiger partial charge in [-0.15, -0.1) is 0 Å². The zero-order valence-electron chi connectivity index (χ0n) is 10.6. The Bertz CT molecular complexity index is 293. The molecule has 0 fully saturated rings. The number of aromatic amines is 1. The molecular formula is C12H23N3. The molecule has 1 heterocycles. The van der Waals surface area contributed by atoms with Gasteiger partial charge in [-0.05, 0) is 34.1 Å². The van der Waals surface area contributed by atoms with E-state index in [1.165, 1.54) is 24.1 Å². The molecule has 0 radical (unpaired) electrons. The molecule has 1 aromatic heterocycles. The molecule has 3 heteroatoms. The molecule has 0 unspecified atom stereocenters. The summed E-state index contributed by atoms with van der Waals surface area (Å²) < 4.78 is 0. The monoisotopic (exact) mass is 209 g/mol. The van der Waals surface area contributed by atoms with Crippen LogP contribution < -0.4 is 5.32 Å². The van der Waals surface area contributed by atoms with Gasteiger partial charge in [0.1, 0.15) is 0 Å². The van der Waals surface area contributed by atoms with Crippen molar-refractivity contribution in [3.8, 4) is 0 Å². The predicted octanol–water partition coefficient (Wildman–Crippen LogP) is 2.69. The van der Waals surface area contributed by atoms with Crippen LogP contribution in [-0.4, -0.2) is 15.7 Å². The minimum Gasteiger partial charge on any atom is -0.308 e. The summed E-state index contributed by atoms with van der Waals surface area (Å²) in [5.74, 6) is 0. The van der Waals surface area contributed by atoms with Crippen LogP contribution in [0.4, 0.5) is 0 Å². The molecular weight excluding hydrogens is 186 g/mol. The molecule has 86 valence electrons. The van der Waals surface area contributed by atoms with Crippen LogP contribution in [-0.2, 0) is 6.54 Å². The smallest absolute Gasteiger partial charge is 0.0638 e. The van der Waals surface area contributed by atoms with Gasteiger partial charge in [0.05, 0.1) is 5.69 Å². The molecule has 2 N–H and O–H groups in total. The van der Waals surface area contributed by atoms with Crippen molar-refractivity contribution in [1.82, 2.24) is 15.5 Å². The number of hydrogen-bond donors (Lipinski definition) is 2. The molecule has 0 saturated heterocycles. The van der Waals surface area contributed by atoms with E-state index in [0.29, 0.717) is 0 Å². The number of aromatic nitrogens is 2. The van der Waals surface area contributed by atoms with Crippen LogP contribution in [0.5, 0.6) is 0 Å². The fraction of sp³-hybridized carbons (Fsp3) is 0.750. The normalized spacial score (nSPS) is 12.1. The van der Waals surface area contributed by atoms with Crippen LogP contribution in [0.3, 0.4) is 0 Å². The number of H-pyrrole nitrogens is 1. The Morgan fingerprint density at radius 2 is 2.00 bits per heavy atom. The summed E-state index contributed by atoms with van der Waals surface area (Å²) in [5.41, 5.74) is 3.80. The van der Waals surface area contributed by atoms with Crippen molar-refractivity contribution in [1.29, 1.82) is 0 Å². The molecule has 0 bridgehead atoms. The number of hydrogen-bond acceptors (Lipinski definition) is 2. The summed E-state index contributed by atoms with van der Waals surface area (Å²) in [6.07, 6.45) is 2.41. The van der Waals surface area contributed by atoms with Gasteiger partial charge in [-0.25, -0.2) is 0 Å². The molecule has 0 aromatic carbocycles. The van der Waals surface area contributed by atoms with Crippen molar-refractivity contribution in [2.45, 2.75) is 59.5 Å². The van der Waals surface area contributed by atoms with Gasteiger partial charge < -0.3 is 5.32 Å². The minimum atomic E-state index is 0.213. The van der Waals surface area contributed by atoms with E-state index in [1.807, 2.05) is 6.92 Å². The van der Waals surface area contributed by atoms with Gasteiger partial charge in [-0.1, -0.05) is 13.3 Å². The molecule has 3 nitrogen and oxygen atoms in total. The van der Waals surface area contributed by atoms with E-state index in [4.69, 9.17) is 0 Å². The summed E-state index contributed by atoms with van der Waals surface area (Å²) in [7, 11) is 0. The van der Waals surface area contributed by atoms with E-state index in [1.54, 1.807) is 0 Å². The number of rotatable bonds is 5. The van der Waals surface area contributed by atoms with E-state index in [2.05, 4.69) is 43.2 Å². The lowest BCUT2D eigenvalue weighted by molar-refractivity contribution is 0.356. The highest BCUT2D eigenvalue weighted by Gasteiger charge is 2.16. The van der Waals surface area contributed by atoms with Crippen LogP contribution in [0.1, 0.15) is 50.6 Å². The van der Waals surface area contributed by atoms with Crippen molar-refractivity contribution in [2.75, 3.05) is 0 Å². The van der Waals surface area contributed by atoms with E-state index >= 15 is 0 Å². The minimum absolute atomic E-state index is 0.213. The molecule has 0 spiro atoms. The van der Waals surface area contributed by atoms with Gasteiger partial charge in [-0.2, -0.15) is 5.10 Å². The highest BCUT2D eigenvalue weighted by molar-refractivity contribution is 5.22. The van der Waals surface area contributed by atoms with E-state index in [9.17, 15) is 0 Å². The van der Waals surface area contributed by atoms with Crippen molar-refractivity contribution in [2.24, 2.45) is 0 Å². The number of aryl methyl sites for hydroxylation is 2. The molecule has 0 aliphatic rings. The number of nitrogens with zero attached hydrogens (tertiary/aromatic N) is 1. The van der Waals surface area contributed by atoms with Crippen LogP contribution in [0.15, 0.2) is 0 Å². The standard InChI is InChI=1S/C12H23N3/c1-6-7-12(4,5)13-8-11-9(2)14-15-10(11)3/h13H,6-8H2,1-5H3,(H,14,15). The topological polar surface area (TPSA) is 40.7 Å². The lowest BCUT2D eigenvalue weighted by Gasteiger charge is -2.26. The molecule has 0 saturated carbocycles. The van der Waals surface area contributed by atoms with E-state index in [0.717, 1.165) is 12.2 Å². The first-order valence-electron chi connectivity index (χ1n) is 5.71. The maximum absolute atomic E-state index is 4.20. The van der Waals surface area contributed by atoms with Gasteiger partial charge in [-0.3, -0.25) is 5.10 Å². The Morgan fingerprint density at radius 1 is 1.33 bits per heavy atom. The fourth-order valence-corrected chi connectivity index (χ4v) is 1.88. The summed E-state index contributed by atoms with van der Waals surface area (Å²) in [4.78, 5) is 0. The second kappa shape index (κ2) is 4.79. The Kier molecular flexibility index (Phi) is 3.91. The third-order valence-electron chi connectivity index (χ3n) is 2.90. The third-order valence-corrected chi connectivity index (χ3v) is 2.90. The quantitative estimate of drug-likeness (QED) is 0.782. The first-order valence-corrected chi connectivity index (χ1v) is 5.71. The second-order valence-electron chi connectivity index (χ2n) is 4.90. The highest BCUT2D eigenvalue weighted by atomic mass is 15.1. The first kappa shape index (κ1) is 12.2. The van der Waals surface area contributed by atoms with Gasteiger partial charge in [0.25, 0.3) is 0 Å². The Morgan fingerprint density at radius 3 is 2.47 bits per heavy atom. The Balaban J connectivity index is 2.57. The summed E-state index contributed by atoms with van der Waals surface area (Å²) in [6.45, 7) is 11.7. The van der Waals surface area contributed by atoms with Crippen molar-refractivity contribution in [3.05, 3.63) is 17.0 Å². The highest BCUT2D eigenvalue weighted by Crippen LogP contribution is 2.14. The van der Waals surface area contributed by atoms with Gasteiger partial charge in [0, 0.05) is 23.3 Å². The lowest BCUT2D eigenvalue weighted by atomic mass is 9.98. The van der Waals surface area contributed by atoms with Gasteiger partial charge in [0.15, 0.2) is 0 Å². The van der Waals surface area contributed by atoms with Crippen molar-refractivity contribution in [3.63, 3.8) is 0 Å². The maximum Gasteiger partial charge on any atom is 0.0638 e. The summed E-state index contributed by atoms with van der Waals surface area (Å²) >= 11 is 0. The van der Waals surface area contributed by atoms with Crippen LogP contribution in [0.25, 0.3) is 0 Å². The predicted molar refractivity (Wildman–Crippen MR) is 63.9 cm³/mol. The molecule has 0 amide bonds. The van der Waals surface area contributed by atoms with Crippen molar-refractivity contribution < 1.29 is 0 Å². The van der Waals surface area contributed by atoms with Crippen molar-refractivity contribution >= 4 is 0 Å². The number of nitrogens with one attached hydrogen (secondary N) is 2. The van der Waals surface area contributed by atoms with E-state index in [-0.39, 0.29) is 5.54 Å². The third kappa shape index (κ3) is 3.34. The Hall–Kier alpha value is -0.830. The average Bonchev–Trinajstić information content (AvgIpc) is 2.44.